The van der Waals surface area contributed by atoms with Gasteiger partial charge in [0, 0.05) is 13.2 Å². The summed E-state index contributed by atoms with van der Waals surface area (Å²) in [4.78, 5) is 11.1. The van der Waals surface area contributed by atoms with Crippen molar-refractivity contribution in [1.29, 1.82) is 0 Å². The average Bonchev–Trinajstić information content (AvgIpc) is 2.26. The number of hydrogen-bond donors (Lipinski definition) is 2. The molecule has 0 amide bonds. The zero-order valence-electron chi connectivity index (χ0n) is 9.87. The van der Waals surface area contributed by atoms with E-state index in [1.54, 1.807) is 18.2 Å². The van der Waals surface area contributed by atoms with Crippen molar-refractivity contribution in [3.05, 3.63) is 28.8 Å². The van der Waals surface area contributed by atoms with E-state index in [4.69, 9.17) is 21.4 Å². The minimum atomic E-state index is -1.04. The van der Waals surface area contributed by atoms with Gasteiger partial charge in [-0.3, -0.25) is 0 Å². The standard InChI is InChI=1S/C12H16ClNO3/c1-3-17-8(2)7-14-10-6-4-5-9(13)11(10)12(15)16/h4-6,8,14H,3,7H2,1-2H3,(H,15,16). The van der Waals surface area contributed by atoms with Gasteiger partial charge >= 0.3 is 5.97 Å². The predicted octanol–water partition coefficient (Wildman–Crippen LogP) is 2.88. The van der Waals surface area contributed by atoms with Crippen LogP contribution in [-0.4, -0.2) is 30.3 Å². The van der Waals surface area contributed by atoms with Crippen molar-refractivity contribution in [2.75, 3.05) is 18.5 Å². The predicted molar refractivity (Wildman–Crippen MR) is 68.0 cm³/mol. The second-order valence-electron chi connectivity index (χ2n) is 3.61. The van der Waals surface area contributed by atoms with E-state index in [0.29, 0.717) is 18.8 Å². The minimum absolute atomic E-state index is 0.0145. The van der Waals surface area contributed by atoms with E-state index in [1.807, 2.05) is 13.8 Å². The van der Waals surface area contributed by atoms with Crippen LogP contribution >= 0.6 is 11.6 Å². The molecule has 17 heavy (non-hydrogen) atoms. The van der Waals surface area contributed by atoms with Crippen molar-refractivity contribution in [2.45, 2.75) is 20.0 Å². The van der Waals surface area contributed by atoms with Crippen molar-refractivity contribution in [2.24, 2.45) is 0 Å². The lowest BCUT2D eigenvalue weighted by molar-refractivity contribution is 0.0697. The van der Waals surface area contributed by atoms with E-state index in [0.717, 1.165) is 0 Å². The Balaban J connectivity index is 2.77. The van der Waals surface area contributed by atoms with Gasteiger partial charge in [0.25, 0.3) is 0 Å². The third-order valence-corrected chi connectivity index (χ3v) is 2.57. The summed E-state index contributed by atoms with van der Waals surface area (Å²) < 4.78 is 5.35. The van der Waals surface area contributed by atoms with Gasteiger partial charge in [0.05, 0.1) is 16.8 Å². The summed E-state index contributed by atoms with van der Waals surface area (Å²) in [5.74, 6) is -1.04. The highest BCUT2D eigenvalue weighted by atomic mass is 35.5. The Bertz CT molecular complexity index is 395. The summed E-state index contributed by atoms with van der Waals surface area (Å²) in [5, 5.41) is 12.3. The maximum atomic E-state index is 11.1. The largest absolute Gasteiger partial charge is 0.478 e. The molecule has 0 heterocycles. The summed E-state index contributed by atoms with van der Waals surface area (Å²) in [6, 6.07) is 4.96. The Morgan fingerprint density at radius 1 is 1.59 bits per heavy atom. The molecule has 0 aliphatic rings. The van der Waals surface area contributed by atoms with E-state index in [1.165, 1.54) is 0 Å². The Labute approximate surface area is 106 Å². The molecule has 4 nitrogen and oxygen atoms in total. The van der Waals surface area contributed by atoms with Gasteiger partial charge in [-0.15, -0.1) is 0 Å². The fourth-order valence-electron chi connectivity index (χ4n) is 1.49. The molecular weight excluding hydrogens is 242 g/mol. The first-order valence-electron chi connectivity index (χ1n) is 5.43. The molecule has 0 saturated heterocycles. The number of carboxylic acids is 1. The first-order chi connectivity index (χ1) is 8.06. The van der Waals surface area contributed by atoms with Crippen LogP contribution in [0.3, 0.4) is 0 Å². The Morgan fingerprint density at radius 3 is 2.88 bits per heavy atom. The molecular formula is C12H16ClNO3. The summed E-state index contributed by atoms with van der Waals surface area (Å²) in [7, 11) is 0. The molecule has 1 atom stereocenters. The molecule has 0 fully saturated rings. The second-order valence-corrected chi connectivity index (χ2v) is 4.02. The number of rotatable bonds is 6. The quantitative estimate of drug-likeness (QED) is 0.823. The fraction of sp³-hybridized carbons (Fsp3) is 0.417. The van der Waals surface area contributed by atoms with Crippen molar-refractivity contribution in [1.82, 2.24) is 0 Å². The first kappa shape index (κ1) is 13.8. The van der Waals surface area contributed by atoms with Crippen LogP contribution in [0.4, 0.5) is 5.69 Å². The van der Waals surface area contributed by atoms with Gasteiger partial charge < -0.3 is 15.2 Å². The van der Waals surface area contributed by atoms with E-state index in [9.17, 15) is 4.79 Å². The topological polar surface area (TPSA) is 58.6 Å². The Kier molecular flexibility index (Phi) is 5.25. The normalized spacial score (nSPS) is 12.2. The SMILES string of the molecule is CCOC(C)CNc1cccc(Cl)c1C(=O)O. The molecule has 0 radical (unpaired) electrons. The van der Waals surface area contributed by atoms with Gasteiger partial charge in [0.1, 0.15) is 5.56 Å². The summed E-state index contributed by atoms with van der Waals surface area (Å²) in [6.45, 7) is 5.00. The summed E-state index contributed by atoms with van der Waals surface area (Å²) in [6.07, 6.45) is 0.0145. The van der Waals surface area contributed by atoms with Gasteiger partial charge in [0.2, 0.25) is 0 Å². The number of carboxylic acid groups (broad SMARTS) is 1. The number of hydrogen-bond acceptors (Lipinski definition) is 3. The van der Waals surface area contributed by atoms with Crippen LogP contribution in [-0.2, 0) is 4.74 Å². The lowest BCUT2D eigenvalue weighted by Gasteiger charge is -2.15. The van der Waals surface area contributed by atoms with Crippen molar-refractivity contribution >= 4 is 23.3 Å². The monoisotopic (exact) mass is 257 g/mol. The van der Waals surface area contributed by atoms with Crippen LogP contribution in [0.15, 0.2) is 18.2 Å². The molecule has 0 aliphatic heterocycles. The van der Waals surface area contributed by atoms with E-state index >= 15 is 0 Å². The third kappa shape index (κ3) is 3.91. The minimum Gasteiger partial charge on any atom is -0.478 e. The van der Waals surface area contributed by atoms with E-state index in [2.05, 4.69) is 5.32 Å². The maximum absolute atomic E-state index is 11.1. The lowest BCUT2D eigenvalue weighted by atomic mass is 10.1. The van der Waals surface area contributed by atoms with Gasteiger partial charge in [-0.1, -0.05) is 17.7 Å². The average molecular weight is 258 g/mol. The molecule has 0 spiro atoms. The molecule has 0 aromatic heterocycles. The second kappa shape index (κ2) is 6.47. The van der Waals surface area contributed by atoms with Crippen LogP contribution in [0.5, 0.6) is 0 Å². The molecule has 1 unspecified atom stereocenters. The molecule has 1 aromatic rings. The number of ether oxygens (including phenoxy) is 1. The molecule has 94 valence electrons. The molecule has 1 rings (SSSR count). The van der Waals surface area contributed by atoms with Crippen LogP contribution < -0.4 is 5.32 Å². The number of anilines is 1. The highest BCUT2D eigenvalue weighted by Gasteiger charge is 2.14. The molecule has 0 saturated carbocycles. The van der Waals surface area contributed by atoms with Crippen LogP contribution in [0, 0.1) is 0 Å². The highest BCUT2D eigenvalue weighted by Crippen LogP contribution is 2.24. The highest BCUT2D eigenvalue weighted by molar-refractivity contribution is 6.34. The number of halogens is 1. The lowest BCUT2D eigenvalue weighted by Crippen LogP contribution is -2.21. The van der Waals surface area contributed by atoms with Crippen LogP contribution in [0.25, 0.3) is 0 Å². The van der Waals surface area contributed by atoms with Crippen molar-refractivity contribution in [3.63, 3.8) is 0 Å². The third-order valence-electron chi connectivity index (χ3n) is 2.26. The number of carbonyl (C=O) groups is 1. The van der Waals surface area contributed by atoms with Gasteiger partial charge in [-0.2, -0.15) is 0 Å². The number of aromatic carboxylic acids is 1. The first-order valence-corrected chi connectivity index (χ1v) is 5.81. The molecule has 0 bridgehead atoms. The van der Waals surface area contributed by atoms with Crippen molar-refractivity contribution in [3.8, 4) is 0 Å². The Morgan fingerprint density at radius 2 is 2.29 bits per heavy atom. The van der Waals surface area contributed by atoms with Gasteiger partial charge in [0.15, 0.2) is 0 Å². The van der Waals surface area contributed by atoms with E-state index < -0.39 is 5.97 Å². The molecule has 5 heteroatoms. The maximum Gasteiger partial charge on any atom is 0.339 e. The smallest absolute Gasteiger partial charge is 0.339 e. The van der Waals surface area contributed by atoms with Crippen LogP contribution in [0.1, 0.15) is 24.2 Å². The summed E-state index contributed by atoms with van der Waals surface area (Å²) >= 11 is 5.85. The fourth-order valence-corrected chi connectivity index (χ4v) is 1.74. The van der Waals surface area contributed by atoms with E-state index in [-0.39, 0.29) is 16.7 Å². The van der Waals surface area contributed by atoms with Gasteiger partial charge in [-0.25, -0.2) is 4.79 Å². The Hall–Kier alpha value is -1.26. The van der Waals surface area contributed by atoms with Crippen molar-refractivity contribution < 1.29 is 14.6 Å². The molecule has 0 aliphatic carbocycles. The zero-order valence-corrected chi connectivity index (χ0v) is 10.6. The molecule has 1 aromatic carbocycles. The van der Waals surface area contributed by atoms with Crippen LogP contribution in [0.2, 0.25) is 5.02 Å². The van der Waals surface area contributed by atoms with Gasteiger partial charge in [-0.05, 0) is 26.0 Å². The number of nitrogens with one attached hydrogen (secondary N) is 1. The summed E-state index contributed by atoms with van der Waals surface area (Å²) in [5.41, 5.74) is 0.606. The zero-order chi connectivity index (χ0) is 12.8. The number of benzene rings is 1. The molecule has 2 N–H and O–H groups in total.